The van der Waals surface area contributed by atoms with Gasteiger partial charge in [0, 0.05) is 11.5 Å². The Morgan fingerprint density at radius 1 is 1.35 bits per heavy atom. The zero-order valence-corrected chi connectivity index (χ0v) is 15.3. The molecular weight excluding hydrogens is 330 g/mol. The summed E-state index contributed by atoms with van der Waals surface area (Å²) in [7, 11) is 0. The minimum Gasteiger partial charge on any atom is -0.439 e. The molecule has 0 fully saturated rings. The van der Waals surface area contributed by atoms with E-state index in [1.807, 2.05) is 13.8 Å². The first kappa shape index (κ1) is 19.1. The summed E-state index contributed by atoms with van der Waals surface area (Å²) >= 11 is 0. The van der Waals surface area contributed by atoms with Gasteiger partial charge >= 0.3 is 0 Å². The molecule has 0 saturated carbocycles. The number of hydrogen-bond acceptors (Lipinski definition) is 5. The number of carbonyl (C=O) groups excluding carboxylic acids is 2. The monoisotopic (exact) mass is 351 g/mol. The number of ether oxygens (including phenoxy) is 1. The van der Waals surface area contributed by atoms with Gasteiger partial charge in [-0.2, -0.15) is 5.26 Å². The quantitative estimate of drug-likeness (QED) is 0.735. The second-order valence-electron chi connectivity index (χ2n) is 6.57. The van der Waals surface area contributed by atoms with Gasteiger partial charge in [0.2, 0.25) is 18.2 Å². The average Bonchev–Trinajstić information content (AvgIpc) is 2.65. The van der Waals surface area contributed by atoms with Crippen LogP contribution in [0, 0.1) is 23.7 Å². The summed E-state index contributed by atoms with van der Waals surface area (Å²) in [6.07, 6.45) is 2.54. The molecule has 6 nitrogen and oxygen atoms in total. The third kappa shape index (κ3) is 4.06. The highest BCUT2D eigenvalue weighted by Gasteiger charge is 2.31. The second-order valence-corrected chi connectivity index (χ2v) is 6.57. The van der Waals surface area contributed by atoms with Crippen LogP contribution in [0.1, 0.15) is 38.3 Å². The number of anilines is 1. The van der Waals surface area contributed by atoms with E-state index in [4.69, 9.17) is 10.00 Å². The smallest absolute Gasteiger partial charge is 0.239 e. The van der Waals surface area contributed by atoms with Gasteiger partial charge in [0.25, 0.3) is 0 Å². The Kier molecular flexibility index (Phi) is 5.73. The molecule has 0 aliphatic heterocycles. The number of nitrogens with zero attached hydrogens (tertiary/aromatic N) is 3. The van der Waals surface area contributed by atoms with Crippen molar-refractivity contribution in [3.63, 3.8) is 0 Å². The van der Waals surface area contributed by atoms with Crippen LogP contribution in [-0.2, 0) is 9.59 Å². The molecule has 0 atom stereocenters. The van der Waals surface area contributed by atoms with Crippen LogP contribution in [0.3, 0.4) is 0 Å². The van der Waals surface area contributed by atoms with Crippen LogP contribution in [0.4, 0.5) is 5.69 Å². The number of rotatable bonds is 6. The molecule has 2 amide bonds. The van der Waals surface area contributed by atoms with E-state index in [0.717, 1.165) is 10.5 Å². The van der Waals surface area contributed by atoms with E-state index in [1.54, 1.807) is 44.2 Å². The highest BCUT2D eigenvalue weighted by molar-refractivity contribution is 6.09. The lowest BCUT2D eigenvalue weighted by Gasteiger charge is -2.26. The van der Waals surface area contributed by atoms with Crippen molar-refractivity contribution in [2.45, 2.75) is 34.1 Å². The molecule has 0 aliphatic carbocycles. The van der Waals surface area contributed by atoms with Crippen molar-refractivity contribution in [1.29, 1.82) is 5.26 Å². The fourth-order valence-electron chi connectivity index (χ4n) is 2.22. The Bertz CT molecular complexity index is 852. The highest BCUT2D eigenvalue weighted by Crippen LogP contribution is 2.28. The van der Waals surface area contributed by atoms with Gasteiger partial charge in [-0.05, 0) is 43.2 Å². The van der Waals surface area contributed by atoms with Gasteiger partial charge in [-0.25, -0.2) is 4.98 Å². The molecule has 2 rings (SSSR count). The van der Waals surface area contributed by atoms with Crippen molar-refractivity contribution < 1.29 is 14.3 Å². The first-order chi connectivity index (χ1) is 12.3. The van der Waals surface area contributed by atoms with Gasteiger partial charge < -0.3 is 4.74 Å². The van der Waals surface area contributed by atoms with Gasteiger partial charge in [-0.1, -0.05) is 20.8 Å². The third-order valence-corrected chi connectivity index (χ3v) is 4.30. The van der Waals surface area contributed by atoms with Crippen molar-refractivity contribution in [1.82, 2.24) is 4.98 Å². The molecule has 134 valence electrons. The van der Waals surface area contributed by atoms with Gasteiger partial charge in [0.15, 0.2) is 0 Å². The van der Waals surface area contributed by atoms with E-state index in [1.165, 1.54) is 6.20 Å². The normalized spacial score (nSPS) is 10.7. The Morgan fingerprint density at radius 2 is 2.08 bits per heavy atom. The van der Waals surface area contributed by atoms with Crippen molar-refractivity contribution >= 4 is 18.0 Å². The molecule has 2 aromatic rings. The Hall–Kier alpha value is -3.20. The number of pyridine rings is 1. The highest BCUT2D eigenvalue weighted by atomic mass is 16.5. The lowest BCUT2D eigenvalue weighted by molar-refractivity contribution is -0.128. The van der Waals surface area contributed by atoms with E-state index in [9.17, 15) is 9.59 Å². The fourth-order valence-corrected chi connectivity index (χ4v) is 2.22. The molecule has 0 aliphatic rings. The molecule has 0 saturated heterocycles. The number of benzene rings is 1. The average molecular weight is 351 g/mol. The van der Waals surface area contributed by atoms with Crippen LogP contribution in [0.15, 0.2) is 36.5 Å². The molecule has 1 heterocycles. The largest absolute Gasteiger partial charge is 0.439 e. The number of amides is 2. The van der Waals surface area contributed by atoms with E-state index in [2.05, 4.69) is 11.1 Å². The summed E-state index contributed by atoms with van der Waals surface area (Å²) in [6, 6.07) is 10.4. The fraction of sp³-hybridized carbons (Fsp3) is 0.300. The Morgan fingerprint density at radius 3 is 2.58 bits per heavy atom. The van der Waals surface area contributed by atoms with E-state index < -0.39 is 5.41 Å². The lowest BCUT2D eigenvalue weighted by atomic mass is 9.88. The van der Waals surface area contributed by atoms with Gasteiger partial charge in [-0.15, -0.1) is 0 Å². The molecule has 1 aromatic carbocycles. The lowest BCUT2D eigenvalue weighted by Crippen LogP contribution is -2.40. The topological polar surface area (TPSA) is 83.3 Å². The summed E-state index contributed by atoms with van der Waals surface area (Å²) in [5, 5.41) is 8.90. The second kappa shape index (κ2) is 7.79. The Labute approximate surface area is 153 Å². The number of aromatic nitrogens is 1. The molecule has 0 unspecified atom stereocenters. The standard InChI is InChI=1S/C20H21N3O3/c1-5-20(3,4)19(25)23(13-24)16-7-9-18(22-12-16)26-17-8-6-15(11-21)10-14(17)2/h6-10,12-13H,5H2,1-4H3. The first-order valence-electron chi connectivity index (χ1n) is 8.26. The molecule has 0 bridgehead atoms. The minimum atomic E-state index is -0.643. The zero-order valence-electron chi connectivity index (χ0n) is 15.3. The minimum absolute atomic E-state index is 0.284. The van der Waals surface area contributed by atoms with Crippen LogP contribution >= 0.6 is 0 Å². The van der Waals surface area contributed by atoms with Crippen molar-refractivity contribution in [3.8, 4) is 17.7 Å². The van der Waals surface area contributed by atoms with E-state index in [-0.39, 0.29) is 5.91 Å². The van der Waals surface area contributed by atoms with Crippen molar-refractivity contribution in [3.05, 3.63) is 47.7 Å². The van der Waals surface area contributed by atoms with Crippen LogP contribution in [0.5, 0.6) is 11.6 Å². The van der Waals surface area contributed by atoms with Crippen LogP contribution in [0.25, 0.3) is 0 Å². The summed E-state index contributed by atoms with van der Waals surface area (Å²) in [5.41, 5.74) is 1.10. The Balaban J connectivity index is 2.21. The maximum absolute atomic E-state index is 12.5. The van der Waals surface area contributed by atoms with Crippen LogP contribution in [0.2, 0.25) is 0 Å². The number of carbonyl (C=O) groups is 2. The molecule has 6 heteroatoms. The maximum atomic E-state index is 12.5. The summed E-state index contributed by atoms with van der Waals surface area (Å²) in [6.45, 7) is 7.33. The first-order valence-corrected chi connectivity index (χ1v) is 8.26. The molecule has 26 heavy (non-hydrogen) atoms. The molecule has 0 radical (unpaired) electrons. The molecule has 0 N–H and O–H groups in total. The number of imide groups is 1. The number of aryl methyl sites for hydroxylation is 1. The van der Waals surface area contributed by atoms with Crippen molar-refractivity contribution in [2.24, 2.45) is 5.41 Å². The SMILES string of the molecule is CCC(C)(C)C(=O)N(C=O)c1ccc(Oc2ccc(C#N)cc2C)nc1. The van der Waals surface area contributed by atoms with Gasteiger partial charge in [-0.3, -0.25) is 14.5 Å². The van der Waals surface area contributed by atoms with Crippen LogP contribution in [-0.4, -0.2) is 17.3 Å². The van der Waals surface area contributed by atoms with Crippen molar-refractivity contribution in [2.75, 3.05) is 4.90 Å². The zero-order chi connectivity index (χ0) is 19.3. The summed E-state index contributed by atoms with van der Waals surface area (Å²) < 4.78 is 5.71. The predicted octanol–water partition coefficient (Wildman–Crippen LogP) is 3.98. The molecule has 1 aromatic heterocycles. The third-order valence-electron chi connectivity index (χ3n) is 4.30. The van der Waals surface area contributed by atoms with E-state index in [0.29, 0.717) is 35.7 Å². The summed E-state index contributed by atoms with van der Waals surface area (Å²) in [4.78, 5) is 29.2. The molecule has 0 spiro atoms. The van der Waals surface area contributed by atoms with Gasteiger partial charge in [0.1, 0.15) is 5.75 Å². The number of nitriles is 1. The number of hydrogen-bond donors (Lipinski definition) is 0. The van der Waals surface area contributed by atoms with E-state index >= 15 is 0 Å². The van der Waals surface area contributed by atoms with Crippen LogP contribution < -0.4 is 9.64 Å². The maximum Gasteiger partial charge on any atom is 0.239 e. The molecular formula is C20H21N3O3. The van der Waals surface area contributed by atoms with Gasteiger partial charge in [0.05, 0.1) is 23.5 Å². The predicted molar refractivity (Wildman–Crippen MR) is 97.8 cm³/mol. The summed E-state index contributed by atoms with van der Waals surface area (Å²) in [5.74, 6) is 0.627.